The van der Waals surface area contributed by atoms with Gasteiger partial charge in [0.2, 0.25) is 0 Å². The molecule has 1 N–H and O–H groups in total. The van der Waals surface area contributed by atoms with E-state index >= 15 is 0 Å². The minimum atomic E-state index is -0.648. The molecule has 1 heterocycles. The Hall–Kier alpha value is -2.40. The lowest BCUT2D eigenvalue weighted by Crippen LogP contribution is -2.38. The van der Waals surface area contributed by atoms with E-state index in [1.54, 1.807) is 42.7 Å². The number of carbonyl (C=O) groups excluding carboxylic acids is 2. The van der Waals surface area contributed by atoms with Crippen molar-refractivity contribution < 1.29 is 18.7 Å². The number of ketones is 1. The summed E-state index contributed by atoms with van der Waals surface area (Å²) in [7, 11) is 1.30. The Morgan fingerprint density at radius 3 is 2.57 bits per heavy atom. The number of rotatable bonds is 7. The first-order valence-corrected chi connectivity index (χ1v) is 6.62. The van der Waals surface area contributed by atoms with Gasteiger partial charge >= 0.3 is 5.97 Å². The van der Waals surface area contributed by atoms with Gasteiger partial charge in [-0.15, -0.1) is 0 Å². The van der Waals surface area contributed by atoms with Crippen molar-refractivity contribution in [1.29, 1.82) is 0 Å². The summed E-state index contributed by atoms with van der Waals surface area (Å²) in [6.07, 6.45) is 1.54. The number of hydrogen-bond donors (Lipinski definition) is 1. The molecule has 0 aliphatic carbocycles. The summed E-state index contributed by atoms with van der Waals surface area (Å²) in [5.74, 6) is 0.120. The number of methoxy groups -OCH3 is 1. The third-order valence-corrected chi connectivity index (χ3v) is 3.08. The molecule has 1 atom stereocenters. The van der Waals surface area contributed by atoms with Gasteiger partial charge in [0.05, 0.1) is 32.4 Å². The van der Waals surface area contributed by atoms with Crippen molar-refractivity contribution in [3.63, 3.8) is 0 Å². The topological polar surface area (TPSA) is 68.5 Å². The van der Waals surface area contributed by atoms with Gasteiger partial charge in [0, 0.05) is 5.56 Å². The molecule has 5 nitrogen and oxygen atoms in total. The zero-order valence-electron chi connectivity index (χ0n) is 11.7. The molecule has 0 aliphatic heterocycles. The van der Waals surface area contributed by atoms with Crippen LogP contribution in [0.25, 0.3) is 0 Å². The highest BCUT2D eigenvalue weighted by atomic mass is 16.5. The second-order valence-electron chi connectivity index (χ2n) is 4.52. The Balaban J connectivity index is 2.07. The van der Waals surface area contributed by atoms with E-state index in [1.165, 1.54) is 7.11 Å². The predicted molar refractivity (Wildman–Crippen MR) is 76.7 cm³/mol. The third-order valence-electron chi connectivity index (χ3n) is 3.08. The van der Waals surface area contributed by atoms with Gasteiger partial charge in [0.25, 0.3) is 0 Å². The van der Waals surface area contributed by atoms with Crippen LogP contribution in [0.3, 0.4) is 0 Å². The van der Waals surface area contributed by atoms with Gasteiger partial charge in [-0.3, -0.25) is 14.9 Å². The lowest BCUT2D eigenvalue weighted by atomic mass is 10.0. The lowest BCUT2D eigenvalue weighted by Gasteiger charge is -2.16. The Labute approximate surface area is 122 Å². The molecule has 1 aromatic carbocycles. The summed E-state index contributed by atoms with van der Waals surface area (Å²) in [4.78, 5) is 23.9. The average molecular weight is 287 g/mol. The molecule has 0 bridgehead atoms. The van der Waals surface area contributed by atoms with E-state index in [4.69, 9.17) is 4.42 Å². The lowest BCUT2D eigenvalue weighted by molar-refractivity contribution is -0.141. The highest BCUT2D eigenvalue weighted by Crippen LogP contribution is 2.09. The van der Waals surface area contributed by atoms with E-state index in [1.807, 2.05) is 6.07 Å². The number of Topliss-reactive ketones (excluding diaryl/α,β-unsaturated/α-hetero) is 1. The molecule has 0 saturated heterocycles. The number of furan rings is 1. The maximum atomic E-state index is 12.5. The SMILES string of the molecule is COC(=O)CC(NCc1ccco1)C(=O)c1ccccc1. The number of carbonyl (C=O) groups is 2. The summed E-state index contributed by atoms with van der Waals surface area (Å²) in [5, 5.41) is 3.04. The fourth-order valence-electron chi connectivity index (χ4n) is 1.95. The van der Waals surface area contributed by atoms with Crippen molar-refractivity contribution in [2.24, 2.45) is 0 Å². The van der Waals surface area contributed by atoms with E-state index in [2.05, 4.69) is 10.1 Å². The number of esters is 1. The van der Waals surface area contributed by atoms with Crippen LogP contribution in [0, 0.1) is 0 Å². The predicted octanol–water partition coefficient (Wildman–Crippen LogP) is 2.18. The smallest absolute Gasteiger partial charge is 0.307 e. The van der Waals surface area contributed by atoms with Gasteiger partial charge in [0.1, 0.15) is 5.76 Å². The van der Waals surface area contributed by atoms with Crippen LogP contribution < -0.4 is 5.32 Å². The molecule has 2 aromatic rings. The maximum Gasteiger partial charge on any atom is 0.307 e. The molecule has 0 amide bonds. The molecule has 5 heteroatoms. The van der Waals surface area contributed by atoms with Gasteiger partial charge in [-0.05, 0) is 12.1 Å². The number of hydrogen-bond acceptors (Lipinski definition) is 5. The van der Waals surface area contributed by atoms with E-state index in [9.17, 15) is 9.59 Å². The molecule has 21 heavy (non-hydrogen) atoms. The van der Waals surface area contributed by atoms with Crippen molar-refractivity contribution >= 4 is 11.8 Å². The van der Waals surface area contributed by atoms with Crippen LogP contribution in [0.2, 0.25) is 0 Å². The first-order chi connectivity index (χ1) is 10.2. The molecule has 0 fully saturated rings. The van der Waals surface area contributed by atoms with Crippen molar-refractivity contribution in [3.8, 4) is 0 Å². The largest absolute Gasteiger partial charge is 0.469 e. The Morgan fingerprint density at radius 1 is 1.19 bits per heavy atom. The summed E-state index contributed by atoms with van der Waals surface area (Å²) in [6, 6.07) is 11.8. The minimum absolute atomic E-state index is 0.0229. The quantitative estimate of drug-likeness (QED) is 0.624. The Bertz CT molecular complexity index is 578. The van der Waals surface area contributed by atoms with Crippen LogP contribution in [0.15, 0.2) is 53.1 Å². The monoisotopic (exact) mass is 287 g/mol. The second kappa shape index (κ2) is 7.40. The molecular weight excluding hydrogens is 270 g/mol. The minimum Gasteiger partial charge on any atom is -0.469 e. The zero-order valence-corrected chi connectivity index (χ0v) is 11.7. The molecule has 0 spiro atoms. The van der Waals surface area contributed by atoms with Crippen LogP contribution in [0.1, 0.15) is 22.5 Å². The fraction of sp³-hybridized carbons (Fsp3) is 0.250. The number of benzene rings is 1. The highest BCUT2D eigenvalue weighted by molar-refractivity contribution is 6.01. The second-order valence-corrected chi connectivity index (χ2v) is 4.52. The summed E-state index contributed by atoms with van der Waals surface area (Å²) in [5.41, 5.74) is 0.554. The molecule has 110 valence electrons. The molecule has 2 rings (SSSR count). The number of ether oxygens (including phenoxy) is 1. The van der Waals surface area contributed by atoms with Gasteiger partial charge in [-0.25, -0.2) is 0 Å². The summed E-state index contributed by atoms with van der Waals surface area (Å²) in [6.45, 7) is 0.368. The van der Waals surface area contributed by atoms with Crippen LogP contribution in [-0.4, -0.2) is 24.9 Å². The van der Waals surface area contributed by atoms with E-state index in [0.717, 1.165) is 0 Å². The molecule has 0 aliphatic rings. The van der Waals surface area contributed by atoms with Crippen LogP contribution in [-0.2, 0) is 16.1 Å². The van der Waals surface area contributed by atoms with Crippen LogP contribution in [0.4, 0.5) is 0 Å². The molecule has 1 aromatic heterocycles. The van der Waals surface area contributed by atoms with Gasteiger partial charge < -0.3 is 9.15 Å². The maximum absolute atomic E-state index is 12.5. The molecule has 1 unspecified atom stereocenters. The standard InChI is InChI=1S/C16H17NO4/c1-20-15(18)10-14(17-11-13-8-5-9-21-13)16(19)12-6-3-2-4-7-12/h2-9,14,17H,10-11H2,1H3. The summed E-state index contributed by atoms with van der Waals surface area (Å²) < 4.78 is 9.86. The third kappa shape index (κ3) is 4.29. The van der Waals surface area contributed by atoms with Gasteiger partial charge in [-0.2, -0.15) is 0 Å². The van der Waals surface area contributed by atoms with Crippen LogP contribution in [0.5, 0.6) is 0 Å². The fourth-order valence-corrected chi connectivity index (χ4v) is 1.95. The van der Waals surface area contributed by atoms with Crippen LogP contribution >= 0.6 is 0 Å². The van der Waals surface area contributed by atoms with Crippen molar-refractivity contribution in [1.82, 2.24) is 5.32 Å². The molecule has 0 radical (unpaired) electrons. The average Bonchev–Trinajstić information content (AvgIpc) is 3.04. The molecular formula is C16H17NO4. The van der Waals surface area contributed by atoms with Gasteiger partial charge in [-0.1, -0.05) is 30.3 Å². The molecule has 0 saturated carbocycles. The van der Waals surface area contributed by atoms with E-state index in [-0.39, 0.29) is 12.2 Å². The first kappa shape index (κ1) is 15.0. The highest BCUT2D eigenvalue weighted by Gasteiger charge is 2.23. The summed E-state index contributed by atoms with van der Waals surface area (Å²) >= 11 is 0. The zero-order chi connectivity index (χ0) is 15.1. The van der Waals surface area contributed by atoms with E-state index in [0.29, 0.717) is 17.9 Å². The Morgan fingerprint density at radius 2 is 1.95 bits per heavy atom. The normalized spacial score (nSPS) is 11.9. The Kier molecular flexibility index (Phi) is 5.29. The first-order valence-electron chi connectivity index (χ1n) is 6.62. The van der Waals surface area contributed by atoms with Crippen molar-refractivity contribution in [2.45, 2.75) is 19.0 Å². The van der Waals surface area contributed by atoms with Crippen molar-refractivity contribution in [2.75, 3.05) is 7.11 Å². The van der Waals surface area contributed by atoms with Gasteiger partial charge in [0.15, 0.2) is 5.78 Å². The van der Waals surface area contributed by atoms with Crippen molar-refractivity contribution in [3.05, 3.63) is 60.1 Å². The number of nitrogens with one attached hydrogen (secondary N) is 1. The van der Waals surface area contributed by atoms with E-state index < -0.39 is 12.0 Å².